The fourth-order valence-corrected chi connectivity index (χ4v) is 2.40. The van der Waals surface area contributed by atoms with E-state index in [1.165, 1.54) is 0 Å². The Labute approximate surface area is 109 Å². The summed E-state index contributed by atoms with van der Waals surface area (Å²) in [5.41, 5.74) is 1.13. The molecule has 1 fully saturated rings. The van der Waals surface area contributed by atoms with E-state index in [2.05, 4.69) is 16.3 Å². The van der Waals surface area contributed by atoms with Crippen molar-refractivity contribution in [1.82, 2.24) is 10.2 Å². The molecule has 1 saturated heterocycles. The van der Waals surface area contributed by atoms with Gasteiger partial charge in [0.05, 0.1) is 19.3 Å². The lowest BCUT2D eigenvalue weighted by atomic mass is 10.0. The molecule has 0 spiro atoms. The molecule has 0 bridgehead atoms. The standard InChI is InChI=1S/C14H22N2O2/c1-2-18-13-5-3-4-12(10-13)14(11-17)16-8-6-15-7-9-16/h3-5,10,14-15,17H,2,6-9,11H2,1H3. The van der Waals surface area contributed by atoms with Gasteiger partial charge in [-0.3, -0.25) is 4.90 Å². The summed E-state index contributed by atoms with van der Waals surface area (Å²) in [4.78, 5) is 2.32. The Morgan fingerprint density at radius 2 is 2.17 bits per heavy atom. The van der Waals surface area contributed by atoms with Gasteiger partial charge in [0.1, 0.15) is 5.75 Å². The summed E-state index contributed by atoms with van der Waals surface area (Å²) in [5.74, 6) is 0.878. The van der Waals surface area contributed by atoms with Gasteiger partial charge in [0, 0.05) is 26.2 Å². The summed E-state index contributed by atoms with van der Waals surface area (Å²) in [5, 5.41) is 13.0. The summed E-state index contributed by atoms with van der Waals surface area (Å²) >= 11 is 0. The van der Waals surface area contributed by atoms with Crippen molar-refractivity contribution in [1.29, 1.82) is 0 Å². The molecule has 4 heteroatoms. The van der Waals surface area contributed by atoms with E-state index < -0.39 is 0 Å². The van der Waals surface area contributed by atoms with Crippen molar-refractivity contribution in [2.24, 2.45) is 0 Å². The van der Waals surface area contributed by atoms with Crippen LogP contribution in [0.15, 0.2) is 24.3 Å². The average molecular weight is 250 g/mol. The SMILES string of the molecule is CCOc1cccc(C(CO)N2CCNCC2)c1. The minimum absolute atomic E-state index is 0.0764. The molecule has 1 aliphatic rings. The monoisotopic (exact) mass is 250 g/mol. The van der Waals surface area contributed by atoms with Gasteiger partial charge in [-0.15, -0.1) is 0 Å². The Kier molecular flexibility index (Phi) is 4.99. The topological polar surface area (TPSA) is 44.7 Å². The third-order valence-electron chi connectivity index (χ3n) is 3.32. The predicted molar refractivity (Wildman–Crippen MR) is 71.9 cm³/mol. The molecule has 1 aromatic rings. The molecule has 2 rings (SSSR count). The summed E-state index contributed by atoms with van der Waals surface area (Å²) < 4.78 is 5.52. The molecule has 0 amide bonds. The maximum absolute atomic E-state index is 9.65. The normalized spacial score (nSPS) is 18.6. The Morgan fingerprint density at radius 1 is 1.39 bits per heavy atom. The highest BCUT2D eigenvalue weighted by Gasteiger charge is 2.21. The highest BCUT2D eigenvalue weighted by Crippen LogP contribution is 2.24. The Balaban J connectivity index is 2.12. The van der Waals surface area contributed by atoms with E-state index in [0.717, 1.165) is 37.5 Å². The number of aliphatic hydroxyl groups excluding tert-OH is 1. The van der Waals surface area contributed by atoms with Crippen molar-refractivity contribution in [3.05, 3.63) is 29.8 Å². The Hall–Kier alpha value is -1.10. The lowest BCUT2D eigenvalue weighted by Gasteiger charge is -2.34. The number of rotatable bonds is 5. The number of ether oxygens (including phenoxy) is 1. The van der Waals surface area contributed by atoms with Crippen molar-refractivity contribution >= 4 is 0 Å². The van der Waals surface area contributed by atoms with Gasteiger partial charge in [0.25, 0.3) is 0 Å². The number of piperazine rings is 1. The molecule has 1 atom stereocenters. The first-order valence-electron chi connectivity index (χ1n) is 6.63. The van der Waals surface area contributed by atoms with Crippen LogP contribution >= 0.6 is 0 Å². The number of hydrogen-bond donors (Lipinski definition) is 2. The van der Waals surface area contributed by atoms with E-state index in [9.17, 15) is 5.11 Å². The van der Waals surface area contributed by atoms with Gasteiger partial charge in [-0.1, -0.05) is 12.1 Å². The van der Waals surface area contributed by atoms with E-state index in [1.54, 1.807) is 0 Å². The van der Waals surface area contributed by atoms with Crippen LogP contribution in [-0.2, 0) is 0 Å². The molecule has 2 N–H and O–H groups in total. The van der Waals surface area contributed by atoms with Gasteiger partial charge in [0.15, 0.2) is 0 Å². The largest absolute Gasteiger partial charge is 0.494 e. The lowest BCUT2D eigenvalue weighted by Crippen LogP contribution is -2.46. The maximum Gasteiger partial charge on any atom is 0.119 e. The molecule has 1 unspecified atom stereocenters. The Bertz CT molecular complexity index is 365. The van der Waals surface area contributed by atoms with Crippen molar-refractivity contribution in [3.63, 3.8) is 0 Å². The fourth-order valence-electron chi connectivity index (χ4n) is 2.40. The molecule has 1 aromatic carbocycles. The minimum Gasteiger partial charge on any atom is -0.494 e. The zero-order valence-corrected chi connectivity index (χ0v) is 10.9. The van der Waals surface area contributed by atoms with Crippen LogP contribution in [0.25, 0.3) is 0 Å². The first-order chi connectivity index (χ1) is 8.85. The zero-order chi connectivity index (χ0) is 12.8. The summed E-state index contributed by atoms with van der Waals surface area (Å²) in [6, 6.07) is 8.12. The second-order valence-corrected chi connectivity index (χ2v) is 4.49. The number of nitrogens with zero attached hydrogens (tertiary/aromatic N) is 1. The van der Waals surface area contributed by atoms with Gasteiger partial charge in [0.2, 0.25) is 0 Å². The minimum atomic E-state index is 0.0764. The van der Waals surface area contributed by atoms with E-state index in [-0.39, 0.29) is 12.6 Å². The van der Waals surface area contributed by atoms with Crippen LogP contribution < -0.4 is 10.1 Å². The van der Waals surface area contributed by atoms with E-state index in [1.807, 2.05) is 25.1 Å². The van der Waals surface area contributed by atoms with Gasteiger partial charge in [-0.2, -0.15) is 0 Å². The van der Waals surface area contributed by atoms with Crippen molar-refractivity contribution < 1.29 is 9.84 Å². The van der Waals surface area contributed by atoms with Crippen LogP contribution in [-0.4, -0.2) is 49.4 Å². The summed E-state index contributed by atoms with van der Waals surface area (Å²) in [6.45, 7) is 6.72. The second kappa shape index (κ2) is 6.73. The fraction of sp³-hybridized carbons (Fsp3) is 0.571. The van der Waals surface area contributed by atoms with E-state index in [0.29, 0.717) is 6.61 Å². The molecule has 0 saturated carbocycles. The van der Waals surface area contributed by atoms with Gasteiger partial charge in [-0.05, 0) is 24.6 Å². The third-order valence-corrected chi connectivity index (χ3v) is 3.32. The highest BCUT2D eigenvalue weighted by molar-refractivity contribution is 5.30. The molecule has 18 heavy (non-hydrogen) atoms. The predicted octanol–water partition coefficient (Wildman–Crippen LogP) is 1.02. The quantitative estimate of drug-likeness (QED) is 0.819. The lowest BCUT2D eigenvalue weighted by molar-refractivity contribution is 0.110. The highest BCUT2D eigenvalue weighted by atomic mass is 16.5. The average Bonchev–Trinajstić information content (AvgIpc) is 2.42. The van der Waals surface area contributed by atoms with E-state index in [4.69, 9.17) is 4.74 Å². The number of aliphatic hydroxyl groups is 1. The molecule has 1 aliphatic heterocycles. The summed E-state index contributed by atoms with van der Waals surface area (Å²) in [7, 11) is 0. The van der Waals surface area contributed by atoms with Crippen LogP contribution in [0.2, 0.25) is 0 Å². The van der Waals surface area contributed by atoms with Gasteiger partial charge in [-0.25, -0.2) is 0 Å². The molecule has 0 aliphatic carbocycles. The number of benzene rings is 1. The smallest absolute Gasteiger partial charge is 0.119 e. The van der Waals surface area contributed by atoms with Crippen molar-refractivity contribution in [2.45, 2.75) is 13.0 Å². The van der Waals surface area contributed by atoms with Crippen molar-refractivity contribution in [2.75, 3.05) is 39.4 Å². The molecular weight excluding hydrogens is 228 g/mol. The molecule has 0 aromatic heterocycles. The van der Waals surface area contributed by atoms with E-state index >= 15 is 0 Å². The third kappa shape index (κ3) is 3.22. The van der Waals surface area contributed by atoms with Crippen molar-refractivity contribution in [3.8, 4) is 5.75 Å². The molecule has 0 radical (unpaired) electrons. The second-order valence-electron chi connectivity index (χ2n) is 4.49. The zero-order valence-electron chi connectivity index (χ0n) is 10.9. The van der Waals surface area contributed by atoms with Crippen LogP contribution in [0.3, 0.4) is 0 Å². The van der Waals surface area contributed by atoms with Crippen LogP contribution in [0.1, 0.15) is 18.5 Å². The van der Waals surface area contributed by atoms with Crippen LogP contribution in [0.4, 0.5) is 0 Å². The van der Waals surface area contributed by atoms with Crippen LogP contribution in [0.5, 0.6) is 5.75 Å². The first-order valence-corrected chi connectivity index (χ1v) is 6.63. The molecule has 1 heterocycles. The van der Waals surface area contributed by atoms with Crippen LogP contribution in [0, 0.1) is 0 Å². The van der Waals surface area contributed by atoms with Gasteiger partial charge < -0.3 is 15.2 Å². The number of hydrogen-bond acceptors (Lipinski definition) is 4. The first kappa shape index (κ1) is 13.3. The summed E-state index contributed by atoms with van der Waals surface area (Å²) in [6.07, 6.45) is 0. The molecular formula is C14H22N2O2. The Morgan fingerprint density at radius 3 is 2.83 bits per heavy atom. The molecule has 100 valence electrons. The number of nitrogens with one attached hydrogen (secondary N) is 1. The maximum atomic E-state index is 9.65. The molecule has 4 nitrogen and oxygen atoms in total. The van der Waals surface area contributed by atoms with Gasteiger partial charge >= 0.3 is 0 Å².